The summed E-state index contributed by atoms with van der Waals surface area (Å²) in [4.78, 5) is 0. The van der Waals surface area contributed by atoms with E-state index in [0.29, 0.717) is 11.3 Å². The molecular weight excluding hydrogens is 480 g/mol. The molecular formula is C40H46. The van der Waals surface area contributed by atoms with E-state index < -0.39 is 0 Å². The SMILES string of the molecule is C=Cc1cccc(C2(c3cccc(C=C)c3C=C)C3CC4CC(C3)CC2(C23CC5CC(CC(C5)C2)C3)C4)c1C=C. The zero-order valence-corrected chi connectivity index (χ0v) is 24.3. The van der Waals surface area contributed by atoms with Crippen LogP contribution in [0.2, 0.25) is 0 Å². The molecule has 0 amide bonds. The maximum Gasteiger partial charge on any atom is 0.0305 e. The molecule has 8 aliphatic rings. The molecule has 2 atom stereocenters. The van der Waals surface area contributed by atoms with Crippen molar-refractivity contribution in [2.75, 3.05) is 0 Å². The van der Waals surface area contributed by atoms with Crippen LogP contribution in [0.25, 0.3) is 24.3 Å². The predicted octanol–water partition coefficient (Wildman–Crippen LogP) is 10.6. The third kappa shape index (κ3) is 2.99. The van der Waals surface area contributed by atoms with Crippen molar-refractivity contribution >= 4 is 24.3 Å². The number of hydrogen-bond acceptors (Lipinski definition) is 0. The van der Waals surface area contributed by atoms with Crippen molar-refractivity contribution < 1.29 is 0 Å². The van der Waals surface area contributed by atoms with Crippen molar-refractivity contribution in [1.82, 2.24) is 0 Å². The van der Waals surface area contributed by atoms with Crippen LogP contribution in [0.15, 0.2) is 62.7 Å². The highest BCUT2D eigenvalue weighted by atomic mass is 14.8. The van der Waals surface area contributed by atoms with Gasteiger partial charge in [-0.25, -0.2) is 0 Å². The highest BCUT2D eigenvalue weighted by Gasteiger charge is 2.75. The Labute approximate surface area is 242 Å². The minimum Gasteiger partial charge on any atom is -0.0984 e. The van der Waals surface area contributed by atoms with Gasteiger partial charge in [-0.3, -0.25) is 0 Å². The Balaban J connectivity index is 1.52. The molecule has 0 aliphatic heterocycles. The molecule has 0 aromatic heterocycles. The zero-order chi connectivity index (χ0) is 27.3. The van der Waals surface area contributed by atoms with Crippen LogP contribution in [0.4, 0.5) is 0 Å². The van der Waals surface area contributed by atoms with Gasteiger partial charge in [0.15, 0.2) is 0 Å². The summed E-state index contributed by atoms with van der Waals surface area (Å²) < 4.78 is 0. The van der Waals surface area contributed by atoms with Crippen LogP contribution in [-0.4, -0.2) is 0 Å². The maximum absolute atomic E-state index is 4.44. The van der Waals surface area contributed by atoms with E-state index >= 15 is 0 Å². The topological polar surface area (TPSA) is 0 Å². The third-order valence-electron chi connectivity index (χ3n) is 13.6. The quantitative estimate of drug-likeness (QED) is 0.336. The lowest BCUT2D eigenvalue weighted by Gasteiger charge is -2.77. The van der Waals surface area contributed by atoms with Gasteiger partial charge in [0.1, 0.15) is 0 Å². The monoisotopic (exact) mass is 526 g/mol. The van der Waals surface area contributed by atoms with Gasteiger partial charge in [0.25, 0.3) is 0 Å². The van der Waals surface area contributed by atoms with Crippen LogP contribution in [0.1, 0.15) is 104 Å². The lowest BCUT2D eigenvalue weighted by Crippen LogP contribution is -2.71. The van der Waals surface area contributed by atoms with Crippen LogP contribution in [0.5, 0.6) is 0 Å². The average molecular weight is 527 g/mol. The van der Waals surface area contributed by atoms with E-state index in [1.165, 1.54) is 92.9 Å². The highest BCUT2D eigenvalue weighted by Crippen LogP contribution is 2.81. The van der Waals surface area contributed by atoms with Crippen molar-refractivity contribution in [1.29, 1.82) is 0 Å². The number of benzene rings is 2. The van der Waals surface area contributed by atoms with E-state index in [0.717, 1.165) is 29.6 Å². The zero-order valence-electron chi connectivity index (χ0n) is 24.3. The fourth-order valence-corrected chi connectivity index (χ4v) is 13.3. The standard InChI is InChI=1S/C40H46/c1-5-31-11-9-13-36(34(31)7-3)40(37-14-10-12-32(6-2)35(37)8-4)33-19-29-18-30(20-33)25-39(40,24-29)38-21-26-15-27(22-38)17-28(16-26)23-38/h5-14,26-30,33H,1-4,15-25H2. The van der Waals surface area contributed by atoms with E-state index in [4.69, 9.17) is 0 Å². The number of rotatable bonds is 7. The molecule has 206 valence electrons. The first-order valence-electron chi connectivity index (χ1n) is 16.3. The van der Waals surface area contributed by atoms with Crippen LogP contribution in [-0.2, 0) is 5.41 Å². The Morgan fingerprint density at radius 1 is 0.525 bits per heavy atom. The van der Waals surface area contributed by atoms with Crippen LogP contribution >= 0.6 is 0 Å². The van der Waals surface area contributed by atoms with Crippen LogP contribution in [0, 0.1) is 46.3 Å². The Morgan fingerprint density at radius 3 is 1.35 bits per heavy atom. The summed E-state index contributed by atoms with van der Waals surface area (Å²) in [7, 11) is 0. The van der Waals surface area contributed by atoms with Crippen molar-refractivity contribution in [3.63, 3.8) is 0 Å². The summed E-state index contributed by atoms with van der Waals surface area (Å²) in [5.41, 5.74) is 8.90. The van der Waals surface area contributed by atoms with Gasteiger partial charge in [0.05, 0.1) is 0 Å². The van der Waals surface area contributed by atoms with Gasteiger partial charge in [-0.15, -0.1) is 0 Å². The van der Waals surface area contributed by atoms with Crippen molar-refractivity contribution in [2.45, 2.75) is 76.0 Å². The first-order chi connectivity index (χ1) is 19.5. The first-order valence-corrected chi connectivity index (χ1v) is 16.3. The molecule has 2 unspecified atom stereocenters. The molecule has 0 heteroatoms. The van der Waals surface area contributed by atoms with E-state index in [9.17, 15) is 0 Å². The summed E-state index contributed by atoms with van der Waals surface area (Å²) in [5.74, 6) is 5.30. The predicted molar refractivity (Wildman–Crippen MR) is 171 cm³/mol. The van der Waals surface area contributed by atoms with Gasteiger partial charge in [-0.2, -0.15) is 0 Å². The van der Waals surface area contributed by atoms with Gasteiger partial charge < -0.3 is 0 Å². The lowest BCUT2D eigenvalue weighted by atomic mass is 9.26. The molecule has 0 nitrogen and oxygen atoms in total. The van der Waals surface area contributed by atoms with Gasteiger partial charge >= 0.3 is 0 Å². The molecule has 0 saturated heterocycles. The van der Waals surface area contributed by atoms with Crippen molar-refractivity contribution in [3.05, 3.63) is 96.1 Å². The Kier molecular flexibility index (Phi) is 5.47. The molecule has 8 fully saturated rings. The van der Waals surface area contributed by atoms with E-state index in [1.54, 1.807) is 11.1 Å². The minimum absolute atomic E-state index is 0.0445. The molecule has 0 heterocycles. The van der Waals surface area contributed by atoms with Gasteiger partial charge in [-0.1, -0.05) is 87.0 Å². The first kappa shape index (κ1) is 25.1. The lowest BCUT2D eigenvalue weighted by molar-refractivity contribution is -0.234. The summed E-state index contributed by atoms with van der Waals surface area (Å²) in [5, 5.41) is 0. The van der Waals surface area contributed by atoms with Crippen LogP contribution in [0.3, 0.4) is 0 Å². The van der Waals surface area contributed by atoms with E-state index in [1.807, 2.05) is 0 Å². The molecule has 8 bridgehead atoms. The highest BCUT2D eigenvalue weighted by molar-refractivity contribution is 5.74. The fraction of sp³-hybridized carbons (Fsp3) is 0.500. The smallest absolute Gasteiger partial charge is 0.0305 e. The molecule has 40 heavy (non-hydrogen) atoms. The summed E-state index contributed by atoms with van der Waals surface area (Å²) >= 11 is 0. The molecule has 0 radical (unpaired) electrons. The normalized spacial score (nSPS) is 39.7. The van der Waals surface area contributed by atoms with Gasteiger partial charge in [0.2, 0.25) is 0 Å². The van der Waals surface area contributed by atoms with E-state index in [-0.39, 0.29) is 10.8 Å². The maximum atomic E-state index is 4.44. The molecule has 10 rings (SSSR count). The summed E-state index contributed by atoms with van der Waals surface area (Å²) in [6.45, 7) is 17.4. The summed E-state index contributed by atoms with van der Waals surface area (Å²) in [6.07, 6.45) is 24.4. The Bertz CT molecular complexity index is 1300. The average Bonchev–Trinajstić information content (AvgIpc) is 2.95. The molecule has 8 aliphatic carbocycles. The Morgan fingerprint density at radius 2 is 0.950 bits per heavy atom. The third-order valence-corrected chi connectivity index (χ3v) is 13.6. The minimum atomic E-state index is -0.0445. The molecule has 0 spiro atoms. The fourth-order valence-electron chi connectivity index (χ4n) is 13.3. The van der Waals surface area contributed by atoms with Crippen molar-refractivity contribution in [3.8, 4) is 0 Å². The van der Waals surface area contributed by atoms with Gasteiger partial charge in [0, 0.05) is 5.41 Å². The molecule has 2 aromatic rings. The van der Waals surface area contributed by atoms with E-state index in [2.05, 4.69) is 87.0 Å². The molecule has 2 aromatic carbocycles. The second-order valence-corrected chi connectivity index (χ2v) is 15.1. The van der Waals surface area contributed by atoms with Crippen molar-refractivity contribution in [2.24, 2.45) is 46.3 Å². The van der Waals surface area contributed by atoms with Crippen LogP contribution < -0.4 is 0 Å². The summed E-state index contributed by atoms with van der Waals surface area (Å²) in [6, 6.07) is 14.2. The Hall–Kier alpha value is -2.60. The molecule has 8 saturated carbocycles. The molecule has 0 N–H and O–H groups in total. The second-order valence-electron chi connectivity index (χ2n) is 15.1. The largest absolute Gasteiger partial charge is 0.0984 e. The number of hydrogen-bond donors (Lipinski definition) is 0. The second kappa shape index (κ2) is 8.70. The van der Waals surface area contributed by atoms with Gasteiger partial charge in [-0.05, 0) is 150 Å².